The van der Waals surface area contributed by atoms with E-state index in [0.29, 0.717) is 60.9 Å². The molecule has 3 aromatic rings. The molecule has 0 spiro atoms. The van der Waals surface area contributed by atoms with Gasteiger partial charge in [0.25, 0.3) is 5.56 Å². The number of para-hydroxylation sites is 1. The lowest BCUT2D eigenvalue weighted by atomic mass is 10.0. The minimum atomic E-state index is -0.341. The number of methoxy groups -OCH3 is 1. The van der Waals surface area contributed by atoms with Crippen molar-refractivity contribution in [3.8, 4) is 11.4 Å². The second-order valence-corrected chi connectivity index (χ2v) is 10.1. The van der Waals surface area contributed by atoms with Crippen LogP contribution >= 0.6 is 0 Å². The third-order valence-electron chi connectivity index (χ3n) is 7.58. The summed E-state index contributed by atoms with van der Waals surface area (Å²) in [5.41, 5.74) is 1.22. The molecule has 204 valence electrons. The van der Waals surface area contributed by atoms with Gasteiger partial charge in [-0.25, -0.2) is 4.98 Å². The van der Waals surface area contributed by atoms with E-state index in [2.05, 4.69) is 6.92 Å². The number of nitrogens with zero attached hydrogens (tertiary/aromatic N) is 3. The molecule has 0 saturated heterocycles. The highest BCUT2D eigenvalue weighted by molar-refractivity contribution is 5.79. The van der Waals surface area contributed by atoms with Gasteiger partial charge in [0.05, 0.1) is 29.2 Å². The van der Waals surface area contributed by atoms with Gasteiger partial charge < -0.3 is 14.4 Å². The summed E-state index contributed by atoms with van der Waals surface area (Å²) in [6, 6.07) is 14.6. The van der Waals surface area contributed by atoms with E-state index >= 15 is 0 Å². The first-order valence-corrected chi connectivity index (χ1v) is 14.1. The van der Waals surface area contributed by atoms with Gasteiger partial charge >= 0.3 is 0 Å². The van der Waals surface area contributed by atoms with E-state index in [1.54, 1.807) is 11.7 Å². The van der Waals surface area contributed by atoms with Gasteiger partial charge in [-0.2, -0.15) is 0 Å². The highest BCUT2D eigenvalue weighted by atomic mass is 16.5. The maximum absolute atomic E-state index is 13.9. The molecule has 1 saturated carbocycles. The van der Waals surface area contributed by atoms with Crippen LogP contribution in [0.15, 0.2) is 53.3 Å². The molecule has 7 heteroatoms. The number of carbonyl (C=O) groups excluding carboxylic acids is 1. The summed E-state index contributed by atoms with van der Waals surface area (Å²) in [7, 11) is 1.68. The van der Waals surface area contributed by atoms with Crippen molar-refractivity contribution in [3.05, 3.63) is 64.7 Å². The van der Waals surface area contributed by atoms with Crippen molar-refractivity contribution in [1.29, 1.82) is 0 Å². The Bertz CT molecular complexity index is 1250. The number of hydrogen-bond acceptors (Lipinski definition) is 5. The van der Waals surface area contributed by atoms with E-state index in [-0.39, 0.29) is 17.5 Å². The summed E-state index contributed by atoms with van der Waals surface area (Å²) in [6.07, 6.45) is 7.79. The molecule has 1 amide bonds. The number of aromatic nitrogens is 2. The summed E-state index contributed by atoms with van der Waals surface area (Å²) in [4.78, 5) is 34.6. The summed E-state index contributed by atoms with van der Waals surface area (Å²) in [5.74, 6) is 2.10. The molecule has 7 nitrogen and oxygen atoms in total. The van der Waals surface area contributed by atoms with Crippen molar-refractivity contribution in [3.63, 3.8) is 0 Å². The van der Waals surface area contributed by atoms with Gasteiger partial charge in [0, 0.05) is 26.7 Å². The second kappa shape index (κ2) is 13.6. The lowest BCUT2D eigenvalue weighted by Gasteiger charge is -2.33. The highest BCUT2D eigenvalue weighted by Crippen LogP contribution is 2.31. The normalized spacial score (nSPS) is 14.6. The second-order valence-electron chi connectivity index (χ2n) is 10.1. The van der Waals surface area contributed by atoms with Gasteiger partial charge in [-0.15, -0.1) is 0 Å². The average Bonchev–Trinajstić information content (AvgIpc) is 3.46. The zero-order valence-corrected chi connectivity index (χ0v) is 23.0. The molecule has 1 aliphatic rings. The van der Waals surface area contributed by atoms with Crippen LogP contribution in [0.4, 0.5) is 0 Å². The summed E-state index contributed by atoms with van der Waals surface area (Å²) < 4.78 is 12.6. The van der Waals surface area contributed by atoms with Crippen molar-refractivity contribution in [2.75, 3.05) is 26.9 Å². The van der Waals surface area contributed by atoms with Crippen LogP contribution in [0.3, 0.4) is 0 Å². The van der Waals surface area contributed by atoms with Crippen molar-refractivity contribution in [2.45, 2.75) is 71.3 Å². The van der Waals surface area contributed by atoms with Gasteiger partial charge in [-0.05, 0) is 68.5 Å². The monoisotopic (exact) mass is 519 g/mol. The Kier molecular flexibility index (Phi) is 9.93. The maximum Gasteiger partial charge on any atom is 0.266 e. The minimum Gasteiger partial charge on any atom is -0.494 e. The number of rotatable bonds is 13. The van der Waals surface area contributed by atoms with Crippen LogP contribution in [-0.2, 0) is 9.53 Å². The predicted octanol–water partition coefficient (Wildman–Crippen LogP) is 6.07. The Hall–Kier alpha value is -3.19. The molecular weight excluding hydrogens is 478 g/mol. The fraction of sp³-hybridized carbons (Fsp3) is 0.516. The van der Waals surface area contributed by atoms with E-state index in [0.717, 1.165) is 18.6 Å². The van der Waals surface area contributed by atoms with Crippen LogP contribution in [0, 0.1) is 5.92 Å². The van der Waals surface area contributed by atoms with Gasteiger partial charge in [0.15, 0.2) is 0 Å². The van der Waals surface area contributed by atoms with Crippen LogP contribution in [0.2, 0.25) is 0 Å². The topological polar surface area (TPSA) is 73.7 Å². The molecule has 0 radical (unpaired) electrons. The largest absolute Gasteiger partial charge is 0.494 e. The van der Waals surface area contributed by atoms with Crippen molar-refractivity contribution in [1.82, 2.24) is 14.5 Å². The molecule has 2 aromatic carbocycles. The average molecular weight is 520 g/mol. The Morgan fingerprint density at radius 1 is 1.11 bits per heavy atom. The first-order valence-electron chi connectivity index (χ1n) is 14.1. The lowest BCUT2D eigenvalue weighted by Crippen LogP contribution is -2.39. The minimum absolute atomic E-state index is 0.125. The van der Waals surface area contributed by atoms with Gasteiger partial charge in [0.1, 0.15) is 11.6 Å². The predicted molar refractivity (Wildman–Crippen MR) is 151 cm³/mol. The molecular formula is C31H41N3O4. The summed E-state index contributed by atoms with van der Waals surface area (Å²) in [5, 5.41) is 0.554. The number of ether oxygens (including phenoxy) is 2. The molecule has 1 aliphatic carbocycles. The Morgan fingerprint density at radius 3 is 2.53 bits per heavy atom. The Labute approximate surface area is 225 Å². The fourth-order valence-electron chi connectivity index (χ4n) is 5.63. The molecule has 1 fully saturated rings. The third-order valence-corrected chi connectivity index (χ3v) is 7.58. The van der Waals surface area contributed by atoms with Crippen molar-refractivity contribution < 1.29 is 14.3 Å². The van der Waals surface area contributed by atoms with Crippen molar-refractivity contribution >= 4 is 16.8 Å². The quantitative estimate of drug-likeness (QED) is 0.256. The van der Waals surface area contributed by atoms with Crippen LogP contribution in [0.5, 0.6) is 5.75 Å². The highest BCUT2D eigenvalue weighted by Gasteiger charge is 2.29. The zero-order valence-electron chi connectivity index (χ0n) is 23.0. The summed E-state index contributed by atoms with van der Waals surface area (Å²) in [6.45, 7) is 5.69. The van der Waals surface area contributed by atoms with Crippen LogP contribution in [0.1, 0.15) is 77.1 Å². The number of fused-ring (bicyclic) bond motifs is 1. The first-order chi connectivity index (χ1) is 18.6. The smallest absolute Gasteiger partial charge is 0.266 e. The standard InChI is InChI=1S/C31H41N3O4/c1-4-28(33(21-10-22-37-3)29(35)20-15-23-11-6-7-12-23)30-32-27-14-9-8-13-26(27)31(36)34(30)24-16-18-25(19-17-24)38-5-2/h8-9,13-14,16-19,23,28H,4-7,10-12,15,20-22H2,1-3H3. The van der Waals surface area contributed by atoms with Gasteiger partial charge in [-0.3, -0.25) is 14.2 Å². The zero-order chi connectivity index (χ0) is 26.9. The Morgan fingerprint density at radius 2 is 1.84 bits per heavy atom. The first kappa shape index (κ1) is 27.8. The molecule has 4 rings (SSSR count). The van der Waals surface area contributed by atoms with E-state index in [9.17, 15) is 9.59 Å². The molecule has 1 unspecified atom stereocenters. The number of benzene rings is 2. The summed E-state index contributed by atoms with van der Waals surface area (Å²) >= 11 is 0. The molecule has 38 heavy (non-hydrogen) atoms. The van der Waals surface area contributed by atoms with Crippen LogP contribution in [-0.4, -0.2) is 47.2 Å². The lowest BCUT2D eigenvalue weighted by molar-refractivity contribution is -0.134. The van der Waals surface area contributed by atoms with E-state index < -0.39 is 0 Å². The molecule has 0 aliphatic heterocycles. The SMILES string of the molecule is CCOc1ccc(-n2c(C(CC)N(CCCOC)C(=O)CCC3CCCC3)nc3ccccc3c2=O)cc1. The van der Waals surface area contributed by atoms with E-state index in [4.69, 9.17) is 14.5 Å². The molecule has 0 bridgehead atoms. The number of hydrogen-bond donors (Lipinski definition) is 0. The fourth-order valence-corrected chi connectivity index (χ4v) is 5.63. The van der Waals surface area contributed by atoms with Crippen LogP contribution < -0.4 is 10.3 Å². The van der Waals surface area contributed by atoms with Crippen LogP contribution in [0.25, 0.3) is 16.6 Å². The molecule has 1 heterocycles. The number of amides is 1. The molecule has 1 aromatic heterocycles. The third kappa shape index (κ3) is 6.44. The molecule has 0 N–H and O–H groups in total. The molecule has 1 atom stereocenters. The maximum atomic E-state index is 13.9. The van der Waals surface area contributed by atoms with E-state index in [1.165, 1.54) is 25.7 Å². The van der Waals surface area contributed by atoms with Gasteiger partial charge in [0.2, 0.25) is 5.91 Å². The van der Waals surface area contributed by atoms with Gasteiger partial charge in [-0.1, -0.05) is 44.7 Å². The van der Waals surface area contributed by atoms with Crippen molar-refractivity contribution in [2.24, 2.45) is 5.92 Å². The Balaban J connectivity index is 1.77. The van der Waals surface area contributed by atoms with E-state index in [1.807, 2.05) is 60.4 Å². The number of carbonyl (C=O) groups is 1.